The van der Waals surface area contributed by atoms with Crippen molar-refractivity contribution in [3.63, 3.8) is 0 Å². The third kappa shape index (κ3) is 8.46. The van der Waals surface area contributed by atoms with Crippen molar-refractivity contribution in [1.82, 2.24) is 9.97 Å². The number of halogens is 1. The summed E-state index contributed by atoms with van der Waals surface area (Å²) in [5.74, 6) is 0.650. The molecule has 1 saturated heterocycles. The van der Waals surface area contributed by atoms with Gasteiger partial charge in [0.05, 0.1) is 50.1 Å². The quantitative estimate of drug-likeness (QED) is 0.267. The molecule has 0 spiro atoms. The molecule has 1 aliphatic rings. The number of aromatic nitrogens is 2. The van der Waals surface area contributed by atoms with E-state index >= 15 is 0 Å². The lowest BCUT2D eigenvalue weighted by Gasteiger charge is -2.28. The van der Waals surface area contributed by atoms with Gasteiger partial charge in [-0.05, 0) is 35.2 Å². The zero-order valence-electron chi connectivity index (χ0n) is 24.5. The Kier molecular flexibility index (Phi) is 10.7. The molecule has 0 radical (unpaired) electrons. The van der Waals surface area contributed by atoms with Crippen LogP contribution in [-0.4, -0.2) is 81.3 Å². The molecule has 4 rings (SSSR count). The van der Waals surface area contributed by atoms with Crippen molar-refractivity contribution in [2.75, 3.05) is 56.2 Å². The normalized spacial score (nSPS) is 14.8. The lowest BCUT2D eigenvalue weighted by Crippen LogP contribution is -2.37. The highest BCUT2D eigenvalue weighted by Gasteiger charge is 2.27. The van der Waals surface area contributed by atoms with Crippen LogP contribution in [0.3, 0.4) is 0 Å². The predicted molar refractivity (Wildman–Crippen MR) is 162 cm³/mol. The molecule has 1 atom stereocenters. The molecule has 1 aromatic heterocycles. The Bertz CT molecular complexity index is 1490. The van der Waals surface area contributed by atoms with E-state index in [1.54, 1.807) is 30.3 Å². The van der Waals surface area contributed by atoms with Crippen molar-refractivity contribution >= 4 is 33.4 Å². The highest BCUT2D eigenvalue weighted by molar-refractivity contribution is 7.92. The lowest BCUT2D eigenvalue weighted by atomic mass is 9.87. The molecule has 0 aliphatic carbocycles. The molecule has 43 heavy (non-hydrogen) atoms. The Morgan fingerprint density at radius 3 is 2.44 bits per heavy atom. The number of benzene rings is 2. The lowest BCUT2D eigenvalue weighted by molar-refractivity contribution is -0.00121. The number of nitrogens with zero attached hydrogens (tertiary/aromatic N) is 3. The van der Waals surface area contributed by atoms with Crippen LogP contribution in [0.5, 0.6) is 17.2 Å². The van der Waals surface area contributed by atoms with Crippen molar-refractivity contribution in [2.45, 2.75) is 43.8 Å². The Morgan fingerprint density at radius 1 is 1.12 bits per heavy atom. The van der Waals surface area contributed by atoms with Gasteiger partial charge < -0.3 is 34.1 Å². The van der Waals surface area contributed by atoms with Gasteiger partial charge in [0.1, 0.15) is 23.3 Å². The summed E-state index contributed by atoms with van der Waals surface area (Å²) in [5.41, 5.74) is 0.996. The Labute approximate surface area is 256 Å². The molecular weight excluding hydrogens is 600 g/mol. The van der Waals surface area contributed by atoms with Gasteiger partial charge in [-0.2, -0.15) is 4.98 Å². The molecular formula is C29H37ClN4O8S. The Morgan fingerprint density at radius 2 is 1.81 bits per heavy atom. The predicted octanol–water partition coefficient (Wildman–Crippen LogP) is 3.74. The van der Waals surface area contributed by atoms with Gasteiger partial charge >= 0.3 is 0 Å². The van der Waals surface area contributed by atoms with Gasteiger partial charge in [-0.3, -0.25) is 4.72 Å². The van der Waals surface area contributed by atoms with E-state index in [0.717, 1.165) is 5.56 Å². The molecule has 3 aromatic rings. The summed E-state index contributed by atoms with van der Waals surface area (Å²) in [6.07, 6.45) is -1.12. The Hall–Kier alpha value is -3.20. The number of anilines is 2. The van der Waals surface area contributed by atoms with Crippen LogP contribution < -0.4 is 19.1 Å². The first-order chi connectivity index (χ1) is 20.4. The summed E-state index contributed by atoms with van der Waals surface area (Å²) in [5, 5.41) is 19.3. The second-order valence-electron chi connectivity index (χ2n) is 10.9. The van der Waals surface area contributed by atoms with Crippen molar-refractivity contribution in [2.24, 2.45) is 0 Å². The number of aliphatic hydroxyl groups excluding tert-OH is 2. The number of rotatable bonds is 12. The van der Waals surface area contributed by atoms with Crippen LogP contribution in [0.1, 0.15) is 32.0 Å². The number of aliphatic hydroxyl groups is 2. The number of hydrogen-bond donors (Lipinski definition) is 3. The molecule has 0 unspecified atom stereocenters. The fourth-order valence-electron chi connectivity index (χ4n) is 4.13. The fraction of sp³-hybridized carbons (Fsp3) is 0.448. The van der Waals surface area contributed by atoms with E-state index in [1.807, 2.05) is 25.7 Å². The molecule has 14 heteroatoms. The van der Waals surface area contributed by atoms with Gasteiger partial charge in [-0.25, -0.2) is 13.4 Å². The van der Waals surface area contributed by atoms with Crippen LogP contribution in [0.15, 0.2) is 47.4 Å². The highest BCUT2D eigenvalue weighted by atomic mass is 35.5. The van der Waals surface area contributed by atoms with Crippen molar-refractivity contribution in [3.05, 3.63) is 58.7 Å². The fourth-order valence-corrected chi connectivity index (χ4v) is 5.29. The number of sulfonamides is 1. The number of morpholine rings is 1. The molecule has 3 N–H and O–H groups in total. The summed E-state index contributed by atoms with van der Waals surface area (Å²) in [6, 6.07) is 11.4. The molecule has 234 valence electrons. The summed E-state index contributed by atoms with van der Waals surface area (Å²) < 4.78 is 52.5. The monoisotopic (exact) mass is 636 g/mol. The molecule has 1 fully saturated rings. The second kappa shape index (κ2) is 14.1. The maximum Gasteiger partial charge on any atom is 0.263 e. The zero-order chi connectivity index (χ0) is 31.2. The number of ether oxygens (including phenoxy) is 4. The summed E-state index contributed by atoms with van der Waals surface area (Å²) >= 11 is 6.43. The summed E-state index contributed by atoms with van der Waals surface area (Å²) in [7, 11) is -2.66. The van der Waals surface area contributed by atoms with Gasteiger partial charge in [-0.15, -0.1) is 0 Å². The van der Waals surface area contributed by atoms with E-state index in [2.05, 4.69) is 14.7 Å². The average molecular weight is 637 g/mol. The van der Waals surface area contributed by atoms with Crippen molar-refractivity contribution in [1.29, 1.82) is 0 Å². The standard InChI is InChI=1S/C29H37ClN4O8S/c1-29(2,3)19-5-8-22(9-6-19)43(37,38)33-27-26(42-25-15-21(39-4)7-10-23(25)30)24(18-41-17-20(36)16-35)31-28(32-27)34-11-13-40-14-12-34/h5-10,15,20,35-36H,11-14,16-18H2,1-4H3,(H,31,32,33)/t20-/m1/s1. The Balaban J connectivity index is 1.81. The minimum absolute atomic E-state index is 0.0289. The smallest absolute Gasteiger partial charge is 0.263 e. The van der Waals surface area contributed by atoms with Gasteiger partial charge in [0.25, 0.3) is 10.0 Å². The van der Waals surface area contributed by atoms with E-state index in [-0.39, 0.29) is 57.5 Å². The van der Waals surface area contributed by atoms with Gasteiger partial charge in [0.2, 0.25) is 5.95 Å². The zero-order valence-corrected chi connectivity index (χ0v) is 26.1. The van der Waals surface area contributed by atoms with E-state index in [9.17, 15) is 18.6 Å². The van der Waals surface area contributed by atoms with Gasteiger partial charge in [0, 0.05) is 19.2 Å². The maximum absolute atomic E-state index is 13.7. The number of methoxy groups -OCH3 is 1. The summed E-state index contributed by atoms with van der Waals surface area (Å²) in [4.78, 5) is 11.1. The average Bonchev–Trinajstić information content (AvgIpc) is 2.99. The highest BCUT2D eigenvalue weighted by Crippen LogP contribution is 2.39. The van der Waals surface area contributed by atoms with Crippen LogP contribution in [-0.2, 0) is 31.5 Å². The van der Waals surface area contributed by atoms with Crippen LogP contribution >= 0.6 is 11.6 Å². The molecule has 12 nitrogen and oxygen atoms in total. The number of hydrogen-bond acceptors (Lipinski definition) is 11. The molecule has 1 aliphatic heterocycles. The minimum Gasteiger partial charge on any atom is -0.497 e. The molecule has 0 amide bonds. The number of nitrogens with one attached hydrogen (secondary N) is 1. The largest absolute Gasteiger partial charge is 0.497 e. The molecule has 0 bridgehead atoms. The van der Waals surface area contributed by atoms with E-state index in [0.29, 0.717) is 32.1 Å². The summed E-state index contributed by atoms with van der Waals surface area (Å²) in [6.45, 7) is 7.06. The first kappa shape index (κ1) is 32.7. The van der Waals surface area contributed by atoms with Gasteiger partial charge in [-0.1, -0.05) is 44.5 Å². The first-order valence-corrected chi connectivity index (χ1v) is 15.5. The van der Waals surface area contributed by atoms with E-state index < -0.39 is 22.7 Å². The van der Waals surface area contributed by atoms with Crippen LogP contribution in [0.4, 0.5) is 11.8 Å². The third-order valence-electron chi connectivity index (χ3n) is 6.59. The molecule has 0 saturated carbocycles. The van der Waals surface area contributed by atoms with Crippen LogP contribution in [0.2, 0.25) is 5.02 Å². The molecule has 2 aromatic carbocycles. The SMILES string of the molecule is COc1ccc(Cl)c(Oc2c(COC[C@H](O)CO)nc(N3CCOCC3)nc2NS(=O)(=O)c2ccc(C(C)(C)C)cc2)c1. The van der Waals surface area contributed by atoms with Crippen LogP contribution in [0, 0.1) is 0 Å². The van der Waals surface area contributed by atoms with Gasteiger partial charge in [0.15, 0.2) is 11.6 Å². The second-order valence-corrected chi connectivity index (χ2v) is 13.0. The minimum atomic E-state index is -4.15. The first-order valence-electron chi connectivity index (χ1n) is 13.7. The van der Waals surface area contributed by atoms with E-state index in [1.165, 1.54) is 19.2 Å². The van der Waals surface area contributed by atoms with E-state index in [4.69, 9.17) is 30.5 Å². The molecule has 2 heterocycles. The van der Waals surface area contributed by atoms with Crippen LogP contribution in [0.25, 0.3) is 0 Å². The van der Waals surface area contributed by atoms with Crippen molar-refractivity contribution < 1.29 is 37.6 Å². The van der Waals surface area contributed by atoms with Crippen molar-refractivity contribution in [3.8, 4) is 17.2 Å². The maximum atomic E-state index is 13.7. The topological polar surface area (TPSA) is 153 Å². The third-order valence-corrected chi connectivity index (χ3v) is 8.26.